The van der Waals surface area contributed by atoms with Crippen LogP contribution in [0.2, 0.25) is 0 Å². The molecular formula is C12H12N2O2. The Kier molecular flexibility index (Phi) is 2.48. The molecule has 0 aliphatic carbocycles. The van der Waals surface area contributed by atoms with E-state index in [2.05, 4.69) is 5.10 Å². The smallest absolute Gasteiger partial charge is 0.266 e. The molecule has 16 heavy (non-hydrogen) atoms. The molecular weight excluding hydrogens is 204 g/mol. The van der Waals surface area contributed by atoms with Gasteiger partial charge in [-0.25, -0.2) is 4.68 Å². The summed E-state index contributed by atoms with van der Waals surface area (Å²) in [6, 6.07) is 8.42. The van der Waals surface area contributed by atoms with Gasteiger partial charge in [-0.3, -0.25) is 4.79 Å². The van der Waals surface area contributed by atoms with E-state index in [4.69, 9.17) is 0 Å². The molecule has 1 heterocycles. The minimum absolute atomic E-state index is 0.153. The number of hydrogen-bond acceptors (Lipinski definition) is 3. The highest BCUT2D eigenvalue weighted by Crippen LogP contribution is 2.23. The number of rotatable bonds is 1. The van der Waals surface area contributed by atoms with Gasteiger partial charge in [-0.05, 0) is 24.6 Å². The van der Waals surface area contributed by atoms with Crippen LogP contribution < -0.4 is 5.56 Å². The van der Waals surface area contributed by atoms with Gasteiger partial charge >= 0.3 is 0 Å². The highest BCUT2D eigenvalue weighted by Gasteiger charge is 2.03. The number of aromatic nitrogens is 2. The van der Waals surface area contributed by atoms with Crippen molar-refractivity contribution in [2.45, 2.75) is 6.92 Å². The van der Waals surface area contributed by atoms with E-state index in [1.165, 1.54) is 10.7 Å². The quantitative estimate of drug-likeness (QED) is 0.785. The maximum atomic E-state index is 11.2. The molecule has 0 radical (unpaired) electrons. The van der Waals surface area contributed by atoms with Gasteiger partial charge in [0, 0.05) is 18.7 Å². The molecule has 1 aromatic carbocycles. The number of phenolic OH excluding ortho intramolecular Hbond substituents is 1. The van der Waals surface area contributed by atoms with Gasteiger partial charge in [0.05, 0.1) is 5.69 Å². The first kappa shape index (κ1) is 10.4. The van der Waals surface area contributed by atoms with E-state index in [-0.39, 0.29) is 11.3 Å². The fourth-order valence-corrected chi connectivity index (χ4v) is 1.42. The average molecular weight is 216 g/mol. The number of phenols is 1. The Bertz CT molecular complexity index is 588. The Morgan fingerprint density at radius 3 is 2.62 bits per heavy atom. The van der Waals surface area contributed by atoms with Crippen LogP contribution in [0.1, 0.15) is 5.56 Å². The fraction of sp³-hybridized carbons (Fsp3) is 0.167. The lowest BCUT2D eigenvalue weighted by molar-refractivity contribution is 0.471. The van der Waals surface area contributed by atoms with E-state index < -0.39 is 0 Å². The molecule has 1 N–H and O–H groups in total. The number of nitrogens with zero attached hydrogens (tertiary/aromatic N) is 2. The van der Waals surface area contributed by atoms with Gasteiger partial charge in [-0.2, -0.15) is 5.10 Å². The SMILES string of the molecule is Cc1ccc(-c2ccc(=O)n(C)n2)cc1O. The van der Waals surface area contributed by atoms with Crippen LogP contribution in [-0.2, 0) is 7.05 Å². The molecule has 0 unspecified atom stereocenters. The lowest BCUT2D eigenvalue weighted by Crippen LogP contribution is -2.18. The van der Waals surface area contributed by atoms with Gasteiger partial charge in [-0.1, -0.05) is 12.1 Å². The summed E-state index contributed by atoms with van der Waals surface area (Å²) in [6.45, 7) is 1.83. The van der Waals surface area contributed by atoms with Crippen LogP contribution in [0.4, 0.5) is 0 Å². The second kappa shape index (κ2) is 3.81. The van der Waals surface area contributed by atoms with Gasteiger partial charge in [-0.15, -0.1) is 0 Å². The first-order valence-corrected chi connectivity index (χ1v) is 4.92. The minimum Gasteiger partial charge on any atom is -0.508 e. The lowest BCUT2D eigenvalue weighted by Gasteiger charge is -2.04. The van der Waals surface area contributed by atoms with E-state index in [1.54, 1.807) is 19.2 Å². The van der Waals surface area contributed by atoms with Gasteiger partial charge < -0.3 is 5.11 Å². The van der Waals surface area contributed by atoms with Crippen molar-refractivity contribution in [1.29, 1.82) is 0 Å². The molecule has 0 bridgehead atoms. The molecule has 0 amide bonds. The van der Waals surface area contributed by atoms with Crippen LogP contribution in [0.5, 0.6) is 5.75 Å². The molecule has 4 nitrogen and oxygen atoms in total. The summed E-state index contributed by atoms with van der Waals surface area (Å²) >= 11 is 0. The van der Waals surface area contributed by atoms with E-state index >= 15 is 0 Å². The summed E-state index contributed by atoms with van der Waals surface area (Å²) in [7, 11) is 1.60. The van der Waals surface area contributed by atoms with Gasteiger partial charge in [0.25, 0.3) is 5.56 Å². The van der Waals surface area contributed by atoms with Crippen molar-refractivity contribution in [3.8, 4) is 17.0 Å². The van der Waals surface area contributed by atoms with E-state index in [1.807, 2.05) is 19.1 Å². The molecule has 2 aromatic rings. The van der Waals surface area contributed by atoms with E-state index in [0.717, 1.165) is 11.1 Å². The highest BCUT2D eigenvalue weighted by atomic mass is 16.3. The van der Waals surface area contributed by atoms with Crippen LogP contribution >= 0.6 is 0 Å². The molecule has 1 aromatic heterocycles. The Labute approximate surface area is 92.8 Å². The zero-order chi connectivity index (χ0) is 11.7. The number of hydrogen-bond donors (Lipinski definition) is 1. The van der Waals surface area contributed by atoms with Crippen LogP contribution in [0.25, 0.3) is 11.3 Å². The molecule has 0 atom stereocenters. The van der Waals surface area contributed by atoms with Crippen molar-refractivity contribution in [1.82, 2.24) is 9.78 Å². The largest absolute Gasteiger partial charge is 0.508 e. The summed E-state index contributed by atoms with van der Waals surface area (Å²) in [6.07, 6.45) is 0. The average Bonchev–Trinajstić information content (AvgIpc) is 2.26. The second-order valence-corrected chi connectivity index (χ2v) is 3.68. The summed E-state index contributed by atoms with van der Waals surface area (Å²) in [5.74, 6) is 0.230. The van der Waals surface area contributed by atoms with Crippen molar-refractivity contribution in [2.24, 2.45) is 7.05 Å². The van der Waals surface area contributed by atoms with Crippen LogP contribution in [0.15, 0.2) is 35.1 Å². The summed E-state index contributed by atoms with van der Waals surface area (Å²) in [5, 5.41) is 13.7. The lowest BCUT2D eigenvalue weighted by atomic mass is 10.1. The predicted molar refractivity (Wildman–Crippen MR) is 61.3 cm³/mol. The van der Waals surface area contributed by atoms with Gasteiger partial charge in [0.15, 0.2) is 0 Å². The van der Waals surface area contributed by atoms with Crippen molar-refractivity contribution in [2.75, 3.05) is 0 Å². The van der Waals surface area contributed by atoms with Gasteiger partial charge in [0.1, 0.15) is 5.75 Å². The van der Waals surface area contributed by atoms with Gasteiger partial charge in [0.2, 0.25) is 0 Å². The highest BCUT2D eigenvalue weighted by molar-refractivity contribution is 5.61. The van der Waals surface area contributed by atoms with Crippen molar-refractivity contribution >= 4 is 0 Å². The second-order valence-electron chi connectivity index (χ2n) is 3.68. The van der Waals surface area contributed by atoms with Crippen LogP contribution in [-0.4, -0.2) is 14.9 Å². The Hall–Kier alpha value is -2.10. The van der Waals surface area contributed by atoms with Crippen molar-refractivity contribution in [3.05, 3.63) is 46.2 Å². The molecule has 0 saturated heterocycles. The zero-order valence-corrected chi connectivity index (χ0v) is 9.14. The van der Waals surface area contributed by atoms with Crippen LogP contribution in [0, 0.1) is 6.92 Å². The van der Waals surface area contributed by atoms with E-state index in [9.17, 15) is 9.90 Å². The third-order valence-electron chi connectivity index (χ3n) is 2.47. The van der Waals surface area contributed by atoms with Crippen molar-refractivity contribution in [3.63, 3.8) is 0 Å². The van der Waals surface area contributed by atoms with E-state index in [0.29, 0.717) is 5.69 Å². The monoisotopic (exact) mass is 216 g/mol. The molecule has 0 aliphatic rings. The first-order chi connectivity index (χ1) is 7.58. The third kappa shape index (κ3) is 1.82. The molecule has 0 fully saturated rings. The normalized spacial score (nSPS) is 10.4. The standard InChI is InChI=1S/C12H12N2O2/c1-8-3-4-9(7-11(8)15)10-5-6-12(16)14(2)13-10/h3-7,15H,1-2H3. The number of aryl methyl sites for hydroxylation is 2. The Morgan fingerprint density at radius 2 is 2.00 bits per heavy atom. The summed E-state index contributed by atoms with van der Waals surface area (Å²) in [4.78, 5) is 11.2. The first-order valence-electron chi connectivity index (χ1n) is 4.92. The topological polar surface area (TPSA) is 55.1 Å². The van der Waals surface area contributed by atoms with Crippen molar-refractivity contribution < 1.29 is 5.11 Å². The number of aromatic hydroxyl groups is 1. The zero-order valence-electron chi connectivity index (χ0n) is 9.14. The summed E-state index contributed by atoms with van der Waals surface area (Å²) in [5.41, 5.74) is 2.12. The molecule has 0 aliphatic heterocycles. The third-order valence-corrected chi connectivity index (χ3v) is 2.47. The molecule has 4 heteroatoms. The predicted octanol–water partition coefficient (Wildman–Crippen LogP) is 1.46. The Morgan fingerprint density at radius 1 is 1.25 bits per heavy atom. The maximum absolute atomic E-state index is 11.2. The molecule has 2 rings (SSSR count). The van der Waals surface area contributed by atoms with Crippen LogP contribution in [0.3, 0.4) is 0 Å². The number of benzene rings is 1. The molecule has 0 spiro atoms. The minimum atomic E-state index is -0.153. The summed E-state index contributed by atoms with van der Waals surface area (Å²) < 4.78 is 1.27. The molecule has 82 valence electrons. The maximum Gasteiger partial charge on any atom is 0.266 e. The molecule has 0 saturated carbocycles. The Balaban J connectivity index is 2.54. The fourth-order valence-electron chi connectivity index (χ4n) is 1.42.